The summed E-state index contributed by atoms with van der Waals surface area (Å²) in [6, 6.07) is 12.9. The second-order valence-corrected chi connectivity index (χ2v) is 8.74. The van der Waals surface area contributed by atoms with Crippen molar-refractivity contribution in [3.8, 4) is 0 Å². The topological polar surface area (TPSA) is 102 Å². The summed E-state index contributed by atoms with van der Waals surface area (Å²) in [4.78, 5) is 23.4. The zero-order valence-electron chi connectivity index (χ0n) is 15.6. The molecule has 0 radical (unpaired) electrons. The Kier molecular flexibility index (Phi) is 6.00. The Labute approximate surface area is 172 Å². The second-order valence-electron chi connectivity index (χ2n) is 5.98. The van der Waals surface area contributed by atoms with E-state index < -0.39 is 16.0 Å². The molecule has 0 atom stereocenters. The van der Waals surface area contributed by atoms with Gasteiger partial charge in [0.2, 0.25) is 5.91 Å². The molecule has 0 spiro atoms. The van der Waals surface area contributed by atoms with Crippen LogP contribution >= 0.6 is 11.3 Å². The van der Waals surface area contributed by atoms with E-state index in [0.29, 0.717) is 16.1 Å². The van der Waals surface area contributed by atoms with E-state index in [0.717, 1.165) is 10.1 Å². The minimum absolute atomic E-state index is 0.0928. The third-order valence-electron chi connectivity index (χ3n) is 4.02. The first-order valence-corrected chi connectivity index (χ1v) is 10.8. The molecule has 9 heteroatoms. The van der Waals surface area contributed by atoms with Gasteiger partial charge < -0.3 is 10.1 Å². The molecule has 0 saturated heterocycles. The number of sulfonamides is 1. The fraction of sp³-hybridized carbons (Fsp3) is 0.100. The van der Waals surface area contributed by atoms with E-state index in [2.05, 4.69) is 10.0 Å². The normalized spacial score (nSPS) is 11.5. The van der Waals surface area contributed by atoms with Crippen molar-refractivity contribution in [2.75, 3.05) is 18.9 Å². The largest absolute Gasteiger partial charge is 0.465 e. The van der Waals surface area contributed by atoms with Crippen LogP contribution in [0, 0.1) is 0 Å². The van der Waals surface area contributed by atoms with Gasteiger partial charge in [0.15, 0.2) is 0 Å². The van der Waals surface area contributed by atoms with Crippen LogP contribution in [-0.4, -0.2) is 34.5 Å². The van der Waals surface area contributed by atoms with Crippen molar-refractivity contribution < 1.29 is 22.7 Å². The Morgan fingerprint density at radius 3 is 2.45 bits per heavy atom. The van der Waals surface area contributed by atoms with Gasteiger partial charge in [-0.2, -0.15) is 0 Å². The zero-order chi connectivity index (χ0) is 21.0. The maximum atomic E-state index is 12.7. The van der Waals surface area contributed by atoms with Crippen molar-refractivity contribution in [2.45, 2.75) is 4.90 Å². The van der Waals surface area contributed by atoms with E-state index in [1.165, 1.54) is 43.7 Å². The highest BCUT2D eigenvalue weighted by molar-refractivity contribution is 7.92. The number of nitrogens with one attached hydrogen (secondary N) is 2. The molecule has 0 bridgehead atoms. The molecule has 2 aromatic carbocycles. The van der Waals surface area contributed by atoms with Gasteiger partial charge in [0, 0.05) is 23.5 Å². The van der Waals surface area contributed by atoms with Gasteiger partial charge in [-0.25, -0.2) is 13.2 Å². The van der Waals surface area contributed by atoms with Crippen LogP contribution in [0.5, 0.6) is 0 Å². The van der Waals surface area contributed by atoms with E-state index in [-0.39, 0.29) is 10.8 Å². The number of esters is 1. The molecule has 1 aromatic heterocycles. The van der Waals surface area contributed by atoms with Gasteiger partial charge >= 0.3 is 5.97 Å². The van der Waals surface area contributed by atoms with Gasteiger partial charge in [-0.15, -0.1) is 11.3 Å². The number of hydrogen-bond donors (Lipinski definition) is 2. The van der Waals surface area contributed by atoms with Crippen molar-refractivity contribution in [3.05, 3.63) is 65.0 Å². The molecule has 150 valence electrons. The zero-order valence-corrected chi connectivity index (χ0v) is 17.3. The standard InChI is InChI=1S/C20H18N2O5S2/c1-21-19(23)10-5-13-3-7-16(8-4-13)29(25,26)22-15-6-9-17-14(11-15)12-18(28-17)20(24)27-2/h3-12,22H,1-2H3,(H,21,23)/b10-5+. The van der Waals surface area contributed by atoms with E-state index in [9.17, 15) is 18.0 Å². The maximum absolute atomic E-state index is 12.7. The van der Waals surface area contributed by atoms with Crippen LogP contribution in [0.1, 0.15) is 15.2 Å². The van der Waals surface area contributed by atoms with E-state index in [1.54, 1.807) is 42.5 Å². The number of thiophene rings is 1. The molecule has 29 heavy (non-hydrogen) atoms. The number of hydrogen-bond acceptors (Lipinski definition) is 6. The van der Waals surface area contributed by atoms with Crippen LogP contribution in [0.4, 0.5) is 5.69 Å². The van der Waals surface area contributed by atoms with Gasteiger partial charge in [0.1, 0.15) is 4.88 Å². The van der Waals surface area contributed by atoms with Crippen LogP contribution in [-0.2, 0) is 19.6 Å². The summed E-state index contributed by atoms with van der Waals surface area (Å²) >= 11 is 1.28. The molecular weight excluding hydrogens is 412 g/mol. The number of carbonyl (C=O) groups excluding carboxylic acids is 2. The molecule has 0 aliphatic rings. The number of methoxy groups -OCH3 is 1. The lowest BCUT2D eigenvalue weighted by molar-refractivity contribution is -0.115. The van der Waals surface area contributed by atoms with Crippen LogP contribution in [0.15, 0.2) is 59.5 Å². The molecule has 0 aliphatic heterocycles. The fourth-order valence-electron chi connectivity index (χ4n) is 2.54. The van der Waals surface area contributed by atoms with Crippen molar-refractivity contribution >= 4 is 55.1 Å². The Hall–Kier alpha value is -3.17. The predicted molar refractivity (Wildman–Crippen MR) is 114 cm³/mol. The lowest BCUT2D eigenvalue weighted by atomic mass is 10.2. The second kappa shape index (κ2) is 8.46. The molecule has 0 aliphatic carbocycles. The SMILES string of the molecule is CNC(=O)/C=C/c1ccc(S(=O)(=O)Nc2ccc3sc(C(=O)OC)cc3c2)cc1. The highest BCUT2D eigenvalue weighted by Gasteiger charge is 2.15. The number of likely N-dealkylation sites (N-methyl/N-ethyl adjacent to an activating group) is 1. The van der Waals surface area contributed by atoms with Crippen molar-refractivity contribution in [3.63, 3.8) is 0 Å². The van der Waals surface area contributed by atoms with Gasteiger partial charge in [-0.05, 0) is 53.4 Å². The molecule has 1 heterocycles. The summed E-state index contributed by atoms with van der Waals surface area (Å²) in [5.74, 6) is -0.679. The lowest BCUT2D eigenvalue weighted by Gasteiger charge is -2.08. The Balaban J connectivity index is 1.80. The van der Waals surface area contributed by atoms with Crippen molar-refractivity contribution in [1.82, 2.24) is 5.32 Å². The molecule has 0 unspecified atom stereocenters. The smallest absolute Gasteiger partial charge is 0.348 e. The summed E-state index contributed by atoms with van der Waals surface area (Å²) in [6.07, 6.45) is 2.95. The monoisotopic (exact) mass is 430 g/mol. The highest BCUT2D eigenvalue weighted by Crippen LogP contribution is 2.29. The van der Waals surface area contributed by atoms with Crippen LogP contribution < -0.4 is 10.0 Å². The summed E-state index contributed by atoms with van der Waals surface area (Å²) in [5, 5.41) is 3.21. The number of fused-ring (bicyclic) bond motifs is 1. The van der Waals surface area contributed by atoms with E-state index >= 15 is 0 Å². The third-order valence-corrected chi connectivity index (χ3v) is 6.51. The Bertz CT molecular complexity index is 1200. The number of rotatable bonds is 6. The minimum atomic E-state index is -3.79. The molecule has 0 fully saturated rings. The average Bonchev–Trinajstić information content (AvgIpc) is 3.14. The van der Waals surface area contributed by atoms with Gasteiger partial charge in [0.05, 0.1) is 12.0 Å². The fourth-order valence-corrected chi connectivity index (χ4v) is 4.55. The molecule has 3 aromatic rings. The molecule has 3 rings (SSSR count). The maximum Gasteiger partial charge on any atom is 0.348 e. The van der Waals surface area contributed by atoms with Crippen LogP contribution in [0.2, 0.25) is 0 Å². The molecule has 7 nitrogen and oxygen atoms in total. The third kappa shape index (κ3) is 4.82. The minimum Gasteiger partial charge on any atom is -0.465 e. The molecule has 2 N–H and O–H groups in total. The molecular formula is C20H18N2O5S2. The van der Waals surface area contributed by atoms with Gasteiger partial charge in [-0.1, -0.05) is 12.1 Å². The first-order chi connectivity index (χ1) is 13.8. The number of anilines is 1. The Morgan fingerprint density at radius 2 is 1.79 bits per heavy atom. The van der Waals surface area contributed by atoms with E-state index in [1.807, 2.05) is 0 Å². The highest BCUT2D eigenvalue weighted by atomic mass is 32.2. The first-order valence-electron chi connectivity index (χ1n) is 8.47. The lowest BCUT2D eigenvalue weighted by Crippen LogP contribution is -2.14. The summed E-state index contributed by atoms with van der Waals surface area (Å²) < 4.78 is 33.4. The average molecular weight is 431 g/mol. The molecule has 1 amide bonds. The number of amides is 1. The Morgan fingerprint density at radius 1 is 1.07 bits per heavy atom. The number of ether oxygens (including phenoxy) is 1. The van der Waals surface area contributed by atoms with Crippen molar-refractivity contribution in [1.29, 1.82) is 0 Å². The molecule has 0 saturated carbocycles. The summed E-state index contributed by atoms with van der Waals surface area (Å²) in [5.41, 5.74) is 1.08. The van der Waals surface area contributed by atoms with E-state index in [4.69, 9.17) is 4.74 Å². The van der Waals surface area contributed by atoms with Crippen molar-refractivity contribution in [2.24, 2.45) is 0 Å². The number of benzene rings is 2. The predicted octanol–water partition coefficient (Wildman–Crippen LogP) is 3.25. The number of carbonyl (C=O) groups is 2. The summed E-state index contributed by atoms with van der Waals surface area (Å²) in [7, 11) is -0.954. The summed E-state index contributed by atoms with van der Waals surface area (Å²) in [6.45, 7) is 0. The van der Waals surface area contributed by atoms with Crippen LogP contribution in [0.3, 0.4) is 0 Å². The van der Waals surface area contributed by atoms with Crippen LogP contribution in [0.25, 0.3) is 16.2 Å². The quantitative estimate of drug-likeness (QED) is 0.462. The first kappa shape index (κ1) is 20.6. The van der Waals surface area contributed by atoms with Gasteiger partial charge in [0.25, 0.3) is 10.0 Å². The van der Waals surface area contributed by atoms with Gasteiger partial charge in [-0.3, -0.25) is 9.52 Å².